The maximum absolute atomic E-state index is 12.3. The van der Waals surface area contributed by atoms with E-state index in [1.807, 2.05) is 48.5 Å². The lowest BCUT2D eigenvalue weighted by Crippen LogP contribution is -2.37. The van der Waals surface area contributed by atoms with Crippen LogP contribution in [-0.4, -0.2) is 30.5 Å². The molecule has 0 saturated heterocycles. The number of ether oxygens (including phenoxy) is 1. The van der Waals surface area contributed by atoms with Gasteiger partial charge in [0.05, 0.1) is 6.21 Å². The van der Waals surface area contributed by atoms with Crippen LogP contribution >= 0.6 is 11.6 Å². The Hall–Kier alpha value is -4.17. The maximum Gasteiger partial charge on any atom is 0.329 e. The van der Waals surface area contributed by atoms with Crippen molar-refractivity contribution in [3.05, 3.63) is 94.0 Å². The molecule has 0 aromatic heterocycles. The van der Waals surface area contributed by atoms with Crippen LogP contribution in [0.15, 0.2) is 71.8 Å². The van der Waals surface area contributed by atoms with E-state index in [1.54, 1.807) is 18.2 Å². The molecular weight excluding hydrogens is 504 g/mol. The lowest BCUT2D eigenvalue weighted by molar-refractivity contribution is -0.139. The highest BCUT2D eigenvalue weighted by Crippen LogP contribution is 2.21. The minimum absolute atomic E-state index is 0.214. The number of halogens is 1. The smallest absolute Gasteiger partial charge is 0.329 e. The minimum atomic E-state index is -0.919. The first-order valence-electron chi connectivity index (χ1n) is 12.3. The van der Waals surface area contributed by atoms with Gasteiger partial charge in [0, 0.05) is 22.8 Å². The van der Waals surface area contributed by atoms with Crippen LogP contribution in [0, 0.1) is 0 Å². The maximum atomic E-state index is 12.3. The summed E-state index contributed by atoms with van der Waals surface area (Å²) in [5.41, 5.74) is 6.52. The number of carbonyl (C=O) groups excluding carboxylic acids is 3. The molecule has 0 radical (unpaired) electrons. The molecule has 3 aromatic carbocycles. The van der Waals surface area contributed by atoms with Gasteiger partial charge in [0.25, 0.3) is 5.91 Å². The summed E-state index contributed by atoms with van der Waals surface area (Å²) >= 11 is 6.08. The van der Waals surface area contributed by atoms with Gasteiger partial charge in [-0.05, 0) is 59.4 Å². The van der Waals surface area contributed by atoms with Crippen LogP contribution in [0.5, 0.6) is 5.75 Å². The molecule has 38 heavy (non-hydrogen) atoms. The molecule has 0 aliphatic rings. The summed E-state index contributed by atoms with van der Waals surface area (Å²) < 4.78 is 5.63. The van der Waals surface area contributed by atoms with E-state index in [9.17, 15) is 14.4 Å². The Bertz CT molecular complexity index is 1290. The normalized spacial score (nSPS) is 10.9. The molecule has 0 atom stereocenters. The van der Waals surface area contributed by atoms with Crippen molar-refractivity contribution < 1.29 is 19.1 Å². The Morgan fingerprint density at radius 1 is 0.947 bits per heavy atom. The van der Waals surface area contributed by atoms with E-state index in [2.05, 4.69) is 41.9 Å². The summed E-state index contributed by atoms with van der Waals surface area (Å²) in [4.78, 5) is 36.6. The van der Waals surface area contributed by atoms with Crippen molar-refractivity contribution in [3.63, 3.8) is 0 Å². The number of hydrazone groups is 1. The monoisotopic (exact) mass is 534 g/mol. The van der Waals surface area contributed by atoms with E-state index in [1.165, 1.54) is 17.3 Å². The van der Waals surface area contributed by atoms with E-state index >= 15 is 0 Å². The molecule has 0 saturated carbocycles. The molecule has 9 heteroatoms. The van der Waals surface area contributed by atoms with Gasteiger partial charge in [0.1, 0.15) is 5.75 Å². The van der Waals surface area contributed by atoms with Gasteiger partial charge in [0.2, 0.25) is 0 Å². The molecule has 3 aromatic rings. The molecular formula is C29H31ClN4O4. The Labute approximate surface area is 227 Å². The highest BCUT2D eigenvalue weighted by Gasteiger charge is 2.13. The summed E-state index contributed by atoms with van der Waals surface area (Å²) in [6.07, 6.45) is 2.20. The molecule has 0 fully saturated rings. The van der Waals surface area contributed by atoms with Crippen LogP contribution in [-0.2, 0) is 27.3 Å². The molecule has 0 aliphatic carbocycles. The van der Waals surface area contributed by atoms with Crippen molar-refractivity contribution in [2.45, 2.75) is 39.7 Å². The quantitative estimate of drug-likeness (QED) is 0.197. The third-order valence-electron chi connectivity index (χ3n) is 5.65. The fourth-order valence-corrected chi connectivity index (χ4v) is 3.59. The van der Waals surface area contributed by atoms with Crippen LogP contribution in [0.4, 0.5) is 5.69 Å². The molecule has 0 unspecified atom stereocenters. The van der Waals surface area contributed by atoms with Gasteiger partial charge in [-0.1, -0.05) is 68.8 Å². The lowest BCUT2D eigenvalue weighted by Gasteiger charge is -2.10. The molecule has 0 heterocycles. The number of aryl methyl sites for hydroxylation is 1. The number of hydrogen-bond acceptors (Lipinski definition) is 5. The third-order valence-corrected chi connectivity index (χ3v) is 5.89. The number of nitrogens with one attached hydrogen (secondary N) is 3. The summed E-state index contributed by atoms with van der Waals surface area (Å²) in [7, 11) is 0. The highest BCUT2D eigenvalue weighted by atomic mass is 35.5. The average Bonchev–Trinajstić information content (AvgIpc) is 2.91. The zero-order valence-corrected chi connectivity index (χ0v) is 22.3. The van der Waals surface area contributed by atoms with Crippen LogP contribution in [0.3, 0.4) is 0 Å². The first-order chi connectivity index (χ1) is 18.2. The van der Waals surface area contributed by atoms with Crippen molar-refractivity contribution >= 4 is 41.2 Å². The number of hydrogen-bond donors (Lipinski definition) is 3. The lowest BCUT2D eigenvalue weighted by atomic mass is 10.0. The topological polar surface area (TPSA) is 109 Å². The van der Waals surface area contributed by atoms with Crippen LogP contribution in [0.25, 0.3) is 0 Å². The molecule has 198 valence electrons. The zero-order chi connectivity index (χ0) is 27.5. The second-order valence-electron chi connectivity index (χ2n) is 8.85. The Morgan fingerprint density at radius 2 is 1.63 bits per heavy atom. The summed E-state index contributed by atoms with van der Waals surface area (Å²) in [5, 5.41) is 9.58. The Balaban J connectivity index is 1.51. The molecule has 3 N–H and O–H groups in total. The Morgan fingerprint density at radius 3 is 2.29 bits per heavy atom. The molecule has 3 amide bonds. The van der Waals surface area contributed by atoms with E-state index < -0.39 is 11.8 Å². The van der Waals surface area contributed by atoms with Gasteiger partial charge < -0.3 is 15.4 Å². The third kappa shape index (κ3) is 8.74. The van der Waals surface area contributed by atoms with Crippen molar-refractivity contribution in [2.75, 3.05) is 11.9 Å². The Kier molecular flexibility index (Phi) is 10.4. The van der Waals surface area contributed by atoms with Crippen molar-refractivity contribution in [1.82, 2.24) is 10.7 Å². The zero-order valence-electron chi connectivity index (χ0n) is 21.6. The predicted octanol–water partition coefficient (Wildman–Crippen LogP) is 4.81. The van der Waals surface area contributed by atoms with Crippen molar-refractivity contribution in [2.24, 2.45) is 5.10 Å². The highest BCUT2D eigenvalue weighted by molar-refractivity contribution is 6.35. The van der Waals surface area contributed by atoms with Gasteiger partial charge in [-0.25, -0.2) is 5.43 Å². The molecule has 8 nitrogen and oxygen atoms in total. The van der Waals surface area contributed by atoms with E-state index in [0.29, 0.717) is 27.9 Å². The van der Waals surface area contributed by atoms with Crippen LogP contribution in [0.1, 0.15) is 48.9 Å². The van der Waals surface area contributed by atoms with Gasteiger partial charge in [-0.15, -0.1) is 0 Å². The molecule has 0 spiro atoms. The average molecular weight is 535 g/mol. The number of rotatable bonds is 10. The standard InChI is InChI=1S/C29H31ClN4O4/c1-4-20-7-12-25(13-8-20)33-27(35)18-38-26-14-11-24(30)15-23(26)17-32-34-29(37)28(36)31-16-21-5-9-22(10-6-21)19(2)3/h5-15,17,19H,4,16,18H2,1-3H3,(H,31,36)(H,33,35)(H,34,37)/b32-17-. The fraction of sp³-hybridized carbons (Fsp3) is 0.241. The second kappa shape index (κ2) is 13.9. The second-order valence-corrected chi connectivity index (χ2v) is 9.28. The number of carbonyl (C=O) groups is 3. The van der Waals surface area contributed by atoms with Crippen LogP contribution < -0.4 is 20.8 Å². The molecule has 0 aliphatic heterocycles. The largest absolute Gasteiger partial charge is 0.483 e. The van der Waals surface area contributed by atoms with E-state index in [0.717, 1.165) is 12.0 Å². The van der Waals surface area contributed by atoms with Gasteiger partial charge in [-0.2, -0.15) is 5.10 Å². The fourth-order valence-electron chi connectivity index (χ4n) is 3.41. The van der Waals surface area contributed by atoms with E-state index in [4.69, 9.17) is 16.3 Å². The first-order valence-corrected chi connectivity index (χ1v) is 12.6. The number of anilines is 1. The predicted molar refractivity (Wildman–Crippen MR) is 150 cm³/mol. The van der Waals surface area contributed by atoms with Gasteiger partial charge in [-0.3, -0.25) is 14.4 Å². The first kappa shape index (κ1) is 28.4. The number of benzene rings is 3. The SMILES string of the molecule is CCc1ccc(NC(=O)COc2ccc(Cl)cc2/C=N\NC(=O)C(=O)NCc2ccc(C(C)C)cc2)cc1. The number of nitrogens with zero attached hydrogens (tertiary/aromatic N) is 1. The summed E-state index contributed by atoms with van der Waals surface area (Å²) in [6.45, 7) is 6.23. The molecule has 0 bridgehead atoms. The summed E-state index contributed by atoms with van der Waals surface area (Å²) in [6, 6.07) is 20.1. The van der Waals surface area contributed by atoms with Crippen molar-refractivity contribution in [1.29, 1.82) is 0 Å². The molecule has 3 rings (SSSR count). The van der Waals surface area contributed by atoms with E-state index in [-0.39, 0.29) is 19.1 Å². The number of amides is 3. The minimum Gasteiger partial charge on any atom is -0.483 e. The van der Waals surface area contributed by atoms with Gasteiger partial charge >= 0.3 is 11.8 Å². The van der Waals surface area contributed by atoms with Crippen molar-refractivity contribution in [3.8, 4) is 5.75 Å². The summed E-state index contributed by atoms with van der Waals surface area (Å²) in [5.74, 6) is -1.33. The van der Waals surface area contributed by atoms with Crippen LogP contribution in [0.2, 0.25) is 5.02 Å². The van der Waals surface area contributed by atoms with Gasteiger partial charge in [0.15, 0.2) is 6.61 Å².